The van der Waals surface area contributed by atoms with Crippen LogP contribution in [-0.4, -0.2) is 36.6 Å². The van der Waals surface area contributed by atoms with E-state index in [2.05, 4.69) is 24.4 Å². The fourth-order valence-electron chi connectivity index (χ4n) is 2.68. The molecule has 0 spiro atoms. The van der Waals surface area contributed by atoms with Gasteiger partial charge in [0.05, 0.1) is 6.10 Å². The number of para-hydroxylation sites is 1. The second-order valence-corrected chi connectivity index (χ2v) is 5.80. The molecule has 1 aliphatic heterocycles. The van der Waals surface area contributed by atoms with Gasteiger partial charge in [-0.1, -0.05) is 25.1 Å². The Morgan fingerprint density at radius 3 is 2.90 bits per heavy atom. The van der Waals surface area contributed by atoms with Crippen LogP contribution in [0.4, 0.5) is 5.69 Å². The molecular weight excluding hydrogens is 264 g/mol. The summed E-state index contributed by atoms with van der Waals surface area (Å²) in [7, 11) is 1.83. The first-order valence-electron chi connectivity index (χ1n) is 7.78. The van der Waals surface area contributed by atoms with Gasteiger partial charge in [0, 0.05) is 38.9 Å². The molecule has 4 nitrogen and oxygen atoms in total. The molecule has 2 rings (SSSR count). The van der Waals surface area contributed by atoms with Crippen molar-refractivity contribution in [3.8, 4) is 0 Å². The van der Waals surface area contributed by atoms with Gasteiger partial charge in [0.2, 0.25) is 5.91 Å². The van der Waals surface area contributed by atoms with Crippen LogP contribution in [0.2, 0.25) is 0 Å². The molecule has 4 heteroatoms. The maximum atomic E-state index is 11.4. The van der Waals surface area contributed by atoms with Crippen LogP contribution in [0.25, 0.3) is 0 Å². The number of nitrogens with one attached hydrogen (secondary N) is 1. The molecule has 2 unspecified atom stereocenters. The molecule has 116 valence electrons. The van der Waals surface area contributed by atoms with Crippen molar-refractivity contribution >= 4 is 11.6 Å². The highest BCUT2D eigenvalue weighted by atomic mass is 16.5. The van der Waals surface area contributed by atoms with E-state index in [-0.39, 0.29) is 5.91 Å². The lowest BCUT2D eigenvalue weighted by Crippen LogP contribution is -2.34. The second kappa shape index (κ2) is 7.46. The number of nitrogens with zero attached hydrogens (tertiary/aromatic N) is 1. The third-order valence-electron chi connectivity index (χ3n) is 4.14. The Bertz CT molecular complexity index is 476. The maximum Gasteiger partial charge on any atom is 0.219 e. The van der Waals surface area contributed by atoms with E-state index in [1.165, 1.54) is 0 Å². The Balaban J connectivity index is 2.04. The molecule has 0 aliphatic carbocycles. The van der Waals surface area contributed by atoms with Gasteiger partial charge in [0.25, 0.3) is 0 Å². The van der Waals surface area contributed by atoms with Crippen LogP contribution in [0.5, 0.6) is 0 Å². The van der Waals surface area contributed by atoms with Crippen molar-refractivity contribution in [2.45, 2.75) is 51.8 Å². The minimum absolute atomic E-state index is 0.0851. The molecule has 1 aromatic carbocycles. The Kier molecular flexibility index (Phi) is 5.62. The fraction of sp³-hybridized carbons (Fsp3) is 0.588. The van der Waals surface area contributed by atoms with Crippen LogP contribution in [0.3, 0.4) is 0 Å². The van der Waals surface area contributed by atoms with E-state index in [0.29, 0.717) is 18.7 Å². The van der Waals surface area contributed by atoms with E-state index in [1.54, 1.807) is 11.8 Å². The van der Waals surface area contributed by atoms with Crippen molar-refractivity contribution in [3.63, 3.8) is 0 Å². The van der Waals surface area contributed by atoms with Crippen molar-refractivity contribution in [2.24, 2.45) is 0 Å². The lowest BCUT2D eigenvalue weighted by atomic mass is 10.0. The first-order chi connectivity index (χ1) is 10.1. The summed E-state index contributed by atoms with van der Waals surface area (Å²) in [5.74, 6) is 0.0851. The van der Waals surface area contributed by atoms with Crippen LogP contribution in [0.1, 0.15) is 38.7 Å². The highest BCUT2D eigenvalue weighted by Crippen LogP contribution is 2.23. The minimum atomic E-state index is 0.0851. The van der Waals surface area contributed by atoms with Crippen molar-refractivity contribution in [1.82, 2.24) is 4.90 Å². The molecule has 1 fully saturated rings. The predicted octanol–water partition coefficient (Wildman–Crippen LogP) is 3.03. The van der Waals surface area contributed by atoms with E-state index in [1.807, 2.05) is 19.2 Å². The average Bonchev–Trinajstić information content (AvgIpc) is 2.49. The predicted molar refractivity (Wildman–Crippen MR) is 85.3 cm³/mol. The van der Waals surface area contributed by atoms with Crippen LogP contribution in [-0.2, 0) is 16.1 Å². The van der Waals surface area contributed by atoms with Crippen LogP contribution in [0, 0.1) is 0 Å². The van der Waals surface area contributed by atoms with Gasteiger partial charge in [-0.3, -0.25) is 4.79 Å². The lowest BCUT2D eigenvalue weighted by Gasteiger charge is -2.31. The molecule has 2 atom stereocenters. The summed E-state index contributed by atoms with van der Waals surface area (Å²) >= 11 is 0. The van der Waals surface area contributed by atoms with Crippen molar-refractivity contribution in [2.75, 3.05) is 19.0 Å². The van der Waals surface area contributed by atoms with Gasteiger partial charge in [0.15, 0.2) is 0 Å². The zero-order chi connectivity index (χ0) is 15.2. The van der Waals surface area contributed by atoms with E-state index < -0.39 is 0 Å². The molecule has 21 heavy (non-hydrogen) atoms. The van der Waals surface area contributed by atoms with Gasteiger partial charge in [-0.05, 0) is 30.9 Å². The van der Waals surface area contributed by atoms with Gasteiger partial charge in [0.1, 0.15) is 0 Å². The number of hydrogen-bond donors (Lipinski definition) is 1. The Hall–Kier alpha value is -1.55. The van der Waals surface area contributed by atoms with E-state index in [0.717, 1.165) is 37.1 Å². The molecular formula is C17H26N2O2. The average molecular weight is 290 g/mol. The van der Waals surface area contributed by atoms with Gasteiger partial charge in [-0.25, -0.2) is 0 Å². The molecule has 1 aromatic rings. The Morgan fingerprint density at radius 1 is 1.43 bits per heavy atom. The van der Waals surface area contributed by atoms with E-state index in [4.69, 9.17) is 4.74 Å². The quantitative estimate of drug-likeness (QED) is 0.906. The zero-order valence-corrected chi connectivity index (χ0v) is 13.3. The molecule has 0 bridgehead atoms. The van der Waals surface area contributed by atoms with Crippen molar-refractivity contribution in [1.29, 1.82) is 0 Å². The highest BCUT2D eigenvalue weighted by molar-refractivity contribution is 5.73. The summed E-state index contributed by atoms with van der Waals surface area (Å²) in [6.45, 7) is 5.23. The largest absolute Gasteiger partial charge is 0.382 e. The number of amides is 1. The fourth-order valence-corrected chi connectivity index (χ4v) is 2.68. The molecule has 1 amide bonds. The number of carbonyl (C=O) groups is 1. The zero-order valence-electron chi connectivity index (χ0n) is 13.3. The number of rotatable bonds is 5. The number of ether oxygens (including phenoxy) is 1. The van der Waals surface area contributed by atoms with Crippen LogP contribution in [0.15, 0.2) is 24.3 Å². The Morgan fingerprint density at radius 2 is 2.19 bits per heavy atom. The monoisotopic (exact) mass is 290 g/mol. The third-order valence-corrected chi connectivity index (χ3v) is 4.14. The van der Waals surface area contributed by atoms with Gasteiger partial charge < -0.3 is 15.0 Å². The lowest BCUT2D eigenvalue weighted by molar-refractivity contribution is -0.128. The summed E-state index contributed by atoms with van der Waals surface area (Å²) in [4.78, 5) is 13.2. The van der Waals surface area contributed by atoms with E-state index in [9.17, 15) is 4.79 Å². The summed E-state index contributed by atoms with van der Waals surface area (Å²) in [6, 6.07) is 8.69. The molecule has 0 radical (unpaired) electrons. The molecule has 1 N–H and O–H groups in total. The van der Waals surface area contributed by atoms with Gasteiger partial charge in [-0.15, -0.1) is 0 Å². The summed E-state index contributed by atoms with van der Waals surface area (Å²) in [6.07, 6.45) is 3.51. The van der Waals surface area contributed by atoms with Crippen LogP contribution < -0.4 is 5.32 Å². The molecule has 0 aromatic heterocycles. The summed E-state index contributed by atoms with van der Waals surface area (Å²) in [5, 5.41) is 3.64. The topological polar surface area (TPSA) is 41.6 Å². The summed E-state index contributed by atoms with van der Waals surface area (Å²) in [5.41, 5.74) is 2.29. The first kappa shape index (κ1) is 15.8. The number of carbonyl (C=O) groups excluding carboxylic acids is 1. The van der Waals surface area contributed by atoms with Crippen molar-refractivity contribution in [3.05, 3.63) is 29.8 Å². The third kappa shape index (κ3) is 4.46. The summed E-state index contributed by atoms with van der Waals surface area (Å²) < 4.78 is 5.73. The number of hydrogen-bond acceptors (Lipinski definition) is 3. The molecule has 1 saturated heterocycles. The maximum absolute atomic E-state index is 11.4. The first-order valence-corrected chi connectivity index (χ1v) is 7.78. The molecule has 1 heterocycles. The Labute approximate surface area is 127 Å². The molecule has 0 saturated carbocycles. The van der Waals surface area contributed by atoms with Gasteiger partial charge in [-0.2, -0.15) is 0 Å². The smallest absolute Gasteiger partial charge is 0.219 e. The van der Waals surface area contributed by atoms with Gasteiger partial charge >= 0.3 is 0 Å². The SMILES string of the molecule is CCC1CC(Nc2ccccc2CN(C)C(C)=O)CCO1. The highest BCUT2D eigenvalue weighted by Gasteiger charge is 2.21. The minimum Gasteiger partial charge on any atom is -0.382 e. The molecule has 1 aliphatic rings. The van der Waals surface area contributed by atoms with Crippen LogP contribution >= 0.6 is 0 Å². The second-order valence-electron chi connectivity index (χ2n) is 5.80. The normalized spacial score (nSPS) is 21.9. The number of anilines is 1. The standard InChI is InChI=1S/C17H26N2O2/c1-4-16-11-15(9-10-21-16)18-17-8-6-5-7-14(17)12-19(3)13(2)20/h5-8,15-16,18H,4,9-12H2,1-3H3. The number of benzene rings is 1. The van der Waals surface area contributed by atoms with Crippen molar-refractivity contribution < 1.29 is 9.53 Å². The van der Waals surface area contributed by atoms with E-state index >= 15 is 0 Å².